The number of nitriles is 1. The van der Waals surface area contributed by atoms with E-state index in [0.29, 0.717) is 30.0 Å². The number of anilines is 1. The molecule has 4 atom stereocenters. The Morgan fingerprint density at radius 1 is 0.957 bits per heavy atom. The number of rotatable bonds is 16. The van der Waals surface area contributed by atoms with Crippen LogP contribution in [0.15, 0.2) is 66.3 Å². The van der Waals surface area contributed by atoms with Crippen molar-refractivity contribution in [2.75, 3.05) is 57.4 Å². The minimum Gasteiger partial charge on any atom is -0.489 e. The molecule has 0 unspecified atom stereocenters. The Labute approximate surface area is 416 Å². The lowest BCUT2D eigenvalue weighted by atomic mass is 9.49. The van der Waals surface area contributed by atoms with Crippen LogP contribution in [0.1, 0.15) is 101 Å². The normalized spacial score (nSPS) is 21.7. The van der Waals surface area contributed by atoms with Crippen molar-refractivity contribution in [3.63, 3.8) is 0 Å². The fourth-order valence-corrected chi connectivity index (χ4v) is 11.3. The number of hydrogen-bond donors (Lipinski definition) is 4. The third-order valence-electron chi connectivity index (χ3n) is 14.2. The number of pyridine rings is 1. The molecule has 0 radical (unpaired) electrons. The van der Waals surface area contributed by atoms with E-state index in [1.807, 2.05) is 95.6 Å². The first kappa shape index (κ1) is 51.9. The lowest BCUT2D eigenvalue weighted by Gasteiger charge is -2.63. The number of thiazole rings is 1. The second kappa shape index (κ2) is 21.2. The van der Waals surface area contributed by atoms with Crippen LogP contribution in [-0.4, -0.2) is 131 Å². The van der Waals surface area contributed by atoms with Gasteiger partial charge in [-0.1, -0.05) is 72.7 Å². The molecule has 2 aromatic carbocycles. The van der Waals surface area contributed by atoms with E-state index in [1.165, 1.54) is 4.90 Å². The highest BCUT2D eigenvalue weighted by atomic mass is 32.1. The van der Waals surface area contributed by atoms with Crippen LogP contribution in [0, 0.1) is 41.4 Å². The van der Waals surface area contributed by atoms with Gasteiger partial charge >= 0.3 is 0 Å². The minimum atomic E-state index is -0.962. The van der Waals surface area contributed by atoms with Gasteiger partial charge in [0.1, 0.15) is 36.4 Å². The molecule has 17 heteroatoms. The summed E-state index contributed by atoms with van der Waals surface area (Å²) in [6.45, 7) is 23.3. The summed E-state index contributed by atoms with van der Waals surface area (Å²) in [5.41, 5.74) is 5.27. The van der Waals surface area contributed by atoms with Gasteiger partial charge in [0, 0.05) is 68.8 Å². The number of nitrogens with one attached hydrogen (secondary N) is 3. The number of likely N-dealkylation sites (tertiary alicyclic amines) is 1. The zero-order valence-corrected chi connectivity index (χ0v) is 43.0. The monoisotopic (exact) mass is 976 g/mol. The number of β-amino-alcohol motifs (C(OH)–C–C–N with tert-alkyl or cyclic N) is 1. The van der Waals surface area contributed by atoms with E-state index in [4.69, 9.17) is 9.47 Å². The van der Waals surface area contributed by atoms with Gasteiger partial charge in [-0.05, 0) is 73.2 Å². The second-order valence-electron chi connectivity index (χ2n) is 21.3. The van der Waals surface area contributed by atoms with E-state index in [0.717, 1.165) is 59.3 Å². The number of aryl methyl sites for hydroxylation is 2. The van der Waals surface area contributed by atoms with Crippen molar-refractivity contribution in [1.82, 2.24) is 35.7 Å². The Kier molecular flexibility index (Phi) is 15.7. The molecule has 4 heterocycles. The van der Waals surface area contributed by atoms with Gasteiger partial charge < -0.3 is 40.3 Å². The van der Waals surface area contributed by atoms with E-state index < -0.39 is 35.4 Å². The van der Waals surface area contributed by atoms with Crippen molar-refractivity contribution >= 4 is 40.8 Å². The predicted molar refractivity (Wildman–Crippen MR) is 269 cm³/mol. The molecule has 16 nitrogen and oxygen atoms in total. The van der Waals surface area contributed by atoms with E-state index in [1.54, 1.807) is 23.6 Å². The van der Waals surface area contributed by atoms with Gasteiger partial charge in [-0.3, -0.25) is 24.1 Å². The summed E-state index contributed by atoms with van der Waals surface area (Å²) < 4.78 is 12.3. The van der Waals surface area contributed by atoms with Crippen LogP contribution in [0.4, 0.5) is 5.82 Å². The molecule has 0 bridgehead atoms. The van der Waals surface area contributed by atoms with Gasteiger partial charge in [-0.15, -0.1) is 11.3 Å². The maximum Gasteiger partial charge on any atom is 0.253 e. The zero-order chi connectivity index (χ0) is 50.7. The van der Waals surface area contributed by atoms with E-state index in [9.17, 15) is 29.5 Å². The number of amides is 4. The van der Waals surface area contributed by atoms with Crippen molar-refractivity contribution in [3.8, 4) is 22.3 Å². The average Bonchev–Trinajstić information content (AvgIpc) is 3.95. The maximum absolute atomic E-state index is 14.1. The van der Waals surface area contributed by atoms with Crippen molar-refractivity contribution < 1.29 is 33.8 Å². The topological polar surface area (TPSA) is 202 Å². The fourth-order valence-electron chi connectivity index (χ4n) is 10.5. The highest BCUT2D eigenvalue weighted by molar-refractivity contribution is 7.13. The van der Waals surface area contributed by atoms with E-state index in [2.05, 4.69) is 69.5 Å². The molecule has 3 aliphatic rings. The summed E-state index contributed by atoms with van der Waals surface area (Å²) >= 11 is 1.57. The van der Waals surface area contributed by atoms with Crippen molar-refractivity contribution in [1.29, 1.82) is 5.26 Å². The molecule has 7 rings (SSSR count). The predicted octanol–water partition coefficient (Wildman–Crippen LogP) is 5.81. The van der Waals surface area contributed by atoms with Gasteiger partial charge in [-0.2, -0.15) is 5.26 Å². The third-order valence-corrected chi connectivity index (χ3v) is 15.2. The largest absolute Gasteiger partial charge is 0.489 e. The van der Waals surface area contributed by atoms with Gasteiger partial charge in [-0.25, -0.2) is 9.97 Å². The molecule has 2 aliphatic heterocycles. The molecule has 4 amide bonds. The second-order valence-corrected chi connectivity index (χ2v) is 22.2. The molecule has 4 aromatic rings. The highest BCUT2D eigenvalue weighted by Crippen LogP contribution is 2.55. The molecule has 1 aliphatic carbocycles. The Hall–Kier alpha value is -5.93. The van der Waals surface area contributed by atoms with Crippen LogP contribution in [0.2, 0.25) is 0 Å². The standard InChI is InChI=1S/C53H69N9O7S/c1-32-25-40(17-15-37(32)27-54)69-50-52(7,8)49(53(50,9)10)59-46(65)38-16-18-42(55-28-38)61-21-19-60(20-22-61)23-24-68-30-43(64)58-45(51(4,5)6)48(67)62-29-39(63)26-41(62)47(66)57-33(2)35-11-13-36(14-12-35)44-34(3)56-31-70-44/h11-18,25,28,31,33,39,41,45,49-50,63H,19-24,26,29-30H2,1-10H3,(H,57,66)(H,58,64)(H,59,65)/t33-,39+,41-,45+,49-,50-/m0/s1. The first-order chi connectivity index (χ1) is 33.1. The molecule has 1 saturated carbocycles. The van der Waals surface area contributed by atoms with Crippen LogP contribution in [0.5, 0.6) is 5.75 Å². The van der Waals surface area contributed by atoms with Crippen LogP contribution < -0.4 is 25.6 Å². The Balaban J connectivity index is 0.831. The molecule has 2 aromatic heterocycles. The number of aliphatic hydroxyl groups excluding tert-OH is 1. The van der Waals surface area contributed by atoms with Gasteiger partial charge in [0.2, 0.25) is 17.7 Å². The minimum absolute atomic E-state index is 0.0163. The Morgan fingerprint density at radius 2 is 1.66 bits per heavy atom. The summed E-state index contributed by atoms with van der Waals surface area (Å²) in [5.74, 6) is 0.0580. The van der Waals surface area contributed by atoms with Crippen molar-refractivity contribution in [2.45, 2.75) is 112 Å². The highest BCUT2D eigenvalue weighted by Gasteiger charge is 2.64. The number of benzene rings is 2. The maximum atomic E-state index is 14.1. The van der Waals surface area contributed by atoms with Gasteiger partial charge in [0.15, 0.2) is 0 Å². The number of carbonyl (C=O) groups is 4. The molecule has 0 spiro atoms. The first-order valence-electron chi connectivity index (χ1n) is 24.2. The van der Waals surface area contributed by atoms with Gasteiger partial charge in [0.05, 0.1) is 52.0 Å². The Morgan fingerprint density at radius 3 is 2.26 bits per heavy atom. The number of ether oxygens (including phenoxy) is 2. The number of carbonyl (C=O) groups excluding carboxylic acids is 4. The molecule has 3 fully saturated rings. The van der Waals surface area contributed by atoms with E-state index in [-0.39, 0.29) is 60.4 Å². The molecule has 70 heavy (non-hydrogen) atoms. The smallest absolute Gasteiger partial charge is 0.253 e. The Bertz CT molecular complexity index is 2540. The number of aliphatic hydroxyl groups is 1. The SMILES string of the molecule is Cc1cc(O[C@H]2C(C)(C)[C@H](NC(=O)c3ccc(N4CCN(CCOCC(=O)N[C@H](C(=O)N5C[C@H](O)C[C@H]5C(=O)N[C@@H](C)c5ccc(-c6scnc6C)cc5)C(C)(C)C)CC4)nc3)C2(C)C)ccc1C#N. The van der Waals surface area contributed by atoms with E-state index >= 15 is 0 Å². The number of nitrogens with zero attached hydrogens (tertiary/aromatic N) is 6. The van der Waals surface area contributed by atoms with Crippen LogP contribution in [0.25, 0.3) is 10.4 Å². The van der Waals surface area contributed by atoms with Crippen LogP contribution in [0.3, 0.4) is 0 Å². The first-order valence-corrected chi connectivity index (χ1v) is 25.0. The van der Waals surface area contributed by atoms with Crippen molar-refractivity contribution in [3.05, 3.63) is 94.3 Å². The van der Waals surface area contributed by atoms with Crippen LogP contribution in [-0.2, 0) is 19.1 Å². The molecular formula is C53H69N9O7S. The summed E-state index contributed by atoms with van der Waals surface area (Å²) in [5, 5.41) is 29.1. The molecule has 374 valence electrons. The van der Waals surface area contributed by atoms with Crippen LogP contribution >= 0.6 is 11.3 Å². The molecule has 4 N–H and O–H groups in total. The van der Waals surface area contributed by atoms with Gasteiger partial charge in [0.25, 0.3) is 5.91 Å². The summed E-state index contributed by atoms with van der Waals surface area (Å²) in [6.07, 6.45) is 0.677. The summed E-state index contributed by atoms with van der Waals surface area (Å²) in [4.78, 5) is 70.5. The summed E-state index contributed by atoms with van der Waals surface area (Å²) in [7, 11) is 0. The fraction of sp³-hybridized carbons (Fsp3) is 0.528. The number of piperazine rings is 1. The summed E-state index contributed by atoms with van der Waals surface area (Å²) in [6, 6.07) is 17.0. The third kappa shape index (κ3) is 11.5. The number of aromatic nitrogens is 2. The average molecular weight is 976 g/mol. The molecule has 2 saturated heterocycles. The lowest BCUT2D eigenvalue weighted by molar-refractivity contribution is -0.164. The quantitative estimate of drug-likeness (QED) is 0.0983. The molecular weight excluding hydrogens is 907 g/mol. The zero-order valence-electron chi connectivity index (χ0n) is 42.2. The lowest BCUT2D eigenvalue weighted by Crippen LogP contribution is -2.74. The number of hydrogen-bond acceptors (Lipinski definition) is 13. The van der Waals surface area contributed by atoms with Crippen molar-refractivity contribution in [2.24, 2.45) is 16.2 Å².